The van der Waals surface area contributed by atoms with Gasteiger partial charge in [0.1, 0.15) is 21.6 Å². The second-order valence-corrected chi connectivity index (χ2v) is 6.15. The average Bonchev–Trinajstić information content (AvgIpc) is 3.00. The summed E-state index contributed by atoms with van der Waals surface area (Å²) >= 11 is 1.46. The Labute approximate surface area is 111 Å². The highest BCUT2D eigenvalue weighted by atomic mass is 32.1. The van der Waals surface area contributed by atoms with Gasteiger partial charge in [-0.25, -0.2) is 0 Å². The summed E-state index contributed by atoms with van der Waals surface area (Å²) in [6.07, 6.45) is 4.06. The Balaban J connectivity index is 1.91. The molecule has 2 atom stereocenters. The van der Waals surface area contributed by atoms with E-state index in [1.807, 2.05) is 0 Å². The Hall–Kier alpha value is -1.41. The van der Waals surface area contributed by atoms with Gasteiger partial charge in [-0.05, 0) is 24.7 Å². The minimum absolute atomic E-state index is 0.497. The van der Waals surface area contributed by atoms with Gasteiger partial charge in [-0.2, -0.15) is 5.26 Å². The highest BCUT2D eigenvalue weighted by molar-refractivity contribution is 7.17. The lowest BCUT2D eigenvalue weighted by Crippen LogP contribution is -2.20. The maximum Gasteiger partial charge on any atom is 0.177 e. The maximum absolute atomic E-state index is 9.06. The molecule has 4 nitrogen and oxygen atoms in total. The molecule has 2 heterocycles. The fraction of sp³-hybridized carbons (Fsp3) is 0.615. The third-order valence-corrected chi connectivity index (χ3v) is 5.35. The van der Waals surface area contributed by atoms with Crippen molar-refractivity contribution in [3.05, 3.63) is 4.88 Å². The van der Waals surface area contributed by atoms with Crippen LogP contribution in [-0.4, -0.2) is 20.2 Å². The number of rotatable bonds is 2. The lowest BCUT2D eigenvalue weighted by molar-refractivity contribution is 0.418. The monoisotopic (exact) mass is 263 g/mol. The minimum Gasteiger partial charge on any atom is -0.492 e. The summed E-state index contributed by atoms with van der Waals surface area (Å²) in [5.74, 6) is 2.34. The number of nitrogen functional groups attached to an aromatic ring is 1. The van der Waals surface area contributed by atoms with Crippen LogP contribution >= 0.6 is 11.3 Å². The van der Waals surface area contributed by atoms with Crippen LogP contribution in [0, 0.1) is 23.2 Å². The molecule has 96 valence electrons. The Morgan fingerprint density at radius 1 is 1.39 bits per heavy atom. The zero-order valence-corrected chi connectivity index (χ0v) is 11.3. The van der Waals surface area contributed by atoms with Crippen LogP contribution in [-0.2, 0) is 0 Å². The molecule has 0 bridgehead atoms. The third kappa shape index (κ3) is 1.64. The van der Waals surface area contributed by atoms with Crippen molar-refractivity contribution >= 4 is 22.0 Å². The summed E-state index contributed by atoms with van der Waals surface area (Å²) in [5, 5.41) is 10.1. The van der Waals surface area contributed by atoms with Crippen molar-refractivity contribution in [3.63, 3.8) is 0 Å². The Kier molecular flexibility index (Phi) is 2.83. The molecule has 1 aromatic heterocycles. The van der Waals surface area contributed by atoms with Gasteiger partial charge < -0.3 is 15.4 Å². The van der Waals surface area contributed by atoms with Crippen molar-refractivity contribution in [3.8, 4) is 11.8 Å². The molecule has 2 N–H and O–H groups in total. The van der Waals surface area contributed by atoms with E-state index in [0.717, 1.165) is 29.9 Å². The first-order chi connectivity index (χ1) is 8.74. The van der Waals surface area contributed by atoms with Crippen LogP contribution in [0.3, 0.4) is 0 Å². The highest BCUT2D eigenvalue weighted by Gasteiger charge is 2.38. The van der Waals surface area contributed by atoms with Gasteiger partial charge in [0.25, 0.3) is 0 Å². The number of fused-ring (bicyclic) bond motifs is 1. The smallest absolute Gasteiger partial charge is 0.177 e. The second-order valence-electron chi connectivity index (χ2n) is 5.15. The Bertz CT molecular complexity index is 493. The van der Waals surface area contributed by atoms with Gasteiger partial charge in [0.15, 0.2) is 5.75 Å². The van der Waals surface area contributed by atoms with Crippen molar-refractivity contribution in [1.82, 2.24) is 0 Å². The van der Waals surface area contributed by atoms with Crippen molar-refractivity contribution in [2.24, 2.45) is 11.8 Å². The van der Waals surface area contributed by atoms with Gasteiger partial charge in [0.2, 0.25) is 0 Å². The number of thiophene rings is 1. The summed E-state index contributed by atoms with van der Waals surface area (Å²) in [4.78, 5) is 2.92. The third-order valence-electron chi connectivity index (χ3n) is 4.20. The molecule has 5 heteroatoms. The fourth-order valence-corrected chi connectivity index (χ4v) is 4.31. The van der Waals surface area contributed by atoms with E-state index in [9.17, 15) is 0 Å². The average molecular weight is 263 g/mol. The lowest BCUT2D eigenvalue weighted by Gasteiger charge is -2.18. The highest BCUT2D eigenvalue weighted by Crippen LogP contribution is 2.48. The van der Waals surface area contributed by atoms with Gasteiger partial charge in [-0.3, -0.25) is 0 Å². The van der Waals surface area contributed by atoms with Crippen LogP contribution in [0.5, 0.6) is 5.75 Å². The number of hydrogen-bond donors (Lipinski definition) is 1. The molecule has 2 unspecified atom stereocenters. The van der Waals surface area contributed by atoms with E-state index in [-0.39, 0.29) is 0 Å². The fourth-order valence-electron chi connectivity index (χ4n) is 3.31. The Morgan fingerprint density at radius 3 is 2.61 bits per heavy atom. The molecule has 3 rings (SSSR count). The van der Waals surface area contributed by atoms with Crippen molar-refractivity contribution < 1.29 is 4.74 Å². The predicted octanol–water partition coefficient (Wildman–Crippen LogP) is 2.45. The van der Waals surface area contributed by atoms with E-state index in [2.05, 4.69) is 11.0 Å². The lowest BCUT2D eigenvalue weighted by atomic mass is 10.0. The first kappa shape index (κ1) is 11.7. The number of methoxy groups -OCH3 is 1. The summed E-state index contributed by atoms with van der Waals surface area (Å²) < 4.78 is 5.39. The molecule has 2 aliphatic rings. The van der Waals surface area contributed by atoms with Crippen molar-refractivity contribution in [2.45, 2.75) is 19.3 Å². The van der Waals surface area contributed by atoms with Crippen LogP contribution in [0.15, 0.2) is 0 Å². The molecular formula is C13H17N3OS. The van der Waals surface area contributed by atoms with E-state index < -0.39 is 0 Å². The SMILES string of the molecule is COc1c(N2CC3CCCC3C2)sc(C#N)c1N. The second kappa shape index (κ2) is 4.36. The molecule has 1 saturated heterocycles. The number of nitrogens with two attached hydrogens (primary N) is 1. The van der Waals surface area contributed by atoms with Crippen molar-refractivity contribution in [1.29, 1.82) is 5.26 Å². The maximum atomic E-state index is 9.06. The van der Waals surface area contributed by atoms with E-state index in [0.29, 0.717) is 16.3 Å². The van der Waals surface area contributed by atoms with Crippen LogP contribution in [0.2, 0.25) is 0 Å². The van der Waals surface area contributed by atoms with Gasteiger partial charge in [0.05, 0.1) is 7.11 Å². The molecule has 18 heavy (non-hydrogen) atoms. The molecule has 1 aromatic rings. The topological polar surface area (TPSA) is 62.3 Å². The summed E-state index contributed by atoms with van der Waals surface area (Å²) in [6.45, 7) is 2.18. The molecule has 0 spiro atoms. The van der Waals surface area contributed by atoms with Crippen LogP contribution in [0.25, 0.3) is 0 Å². The summed E-state index contributed by atoms with van der Waals surface area (Å²) in [5.41, 5.74) is 6.44. The van der Waals surface area contributed by atoms with Gasteiger partial charge >= 0.3 is 0 Å². The first-order valence-electron chi connectivity index (χ1n) is 6.36. The molecule has 1 aliphatic heterocycles. The quantitative estimate of drug-likeness (QED) is 0.890. The van der Waals surface area contributed by atoms with Gasteiger partial charge in [-0.15, -0.1) is 11.3 Å². The van der Waals surface area contributed by atoms with E-state index in [1.165, 1.54) is 30.6 Å². The summed E-state index contributed by atoms with van der Waals surface area (Å²) in [7, 11) is 1.62. The molecule has 0 radical (unpaired) electrons. The van der Waals surface area contributed by atoms with E-state index >= 15 is 0 Å². The molecule has 1 aliphatic carbocycles. The number of ether oxygens (including phenoxy) is 1. The van der Waals surface area contributed by atoms with Crippen LogP contribution in [0.1, 0.15) is 24.1 Å². The number of nitriles is 1. The molecule has 1 saturated carbocycles. The largest absolute Gasteiger partial charge is 0.492 e. The number of anilines is 2. The van der Waals surface area contributed by atoms with E-state index in [1.54, 1.807) is 7.11 Å². The van der Waals surface area contributed by atoms with Crippen LogP contribution in [0.4, 0.5) is 10.7 Å². The molecular weight excluding hydrogens is 246 g/mol. The normalized spacial score (nSPS) is 26.1. The van der Waals surface area contributed by atoms with Gasteiger partial charge in [-0.1, -0.05) is 6.42 Å². The number of nitrogens with zero attached hydrogens (tertiary/aromatic N) is 2. The van der Waals surface area contributed by atoms with Crippen LogP contribution < -0.4 is 15.4 Å². The summed E-state index contributed by atoms with van der Waals surface area (Å²) in [6, 6.07) is 2.15. The molecule has 0 aromatic carbocycles. The first-order valence-corrected chi connectivity index (χ1v) is 7.17. The standard InChI is InChI=1S/C13H17N3OS/c1-17-12-11(15)10(5-14)18-13(12)16-6-8-3-2-4-9(8)7-16/h8-9H,2-4,6-7,15H2,1H3. The minimum atomic E-state index is 0.497. The molecule has 0 amide bonds. The van der Waals surface area contributed by atoms with Gasteiger partial charge in [0, 0.05) is 13.1 Å². The molecule has 2 fully saturated rings. The zero-order chi connectivity index (χ0) is 12.7. The number of hydrogen-bond acceptors (Lipinski definition) is 5. The predicted molar refractivity (Wildman–Crippen MR) is 73.0 cm³/mol. The van der Waals surface area contributed by atoms with Crippen molar-refractivity contribution in [2.75, 3.05) is 30.8 Å². The Morgan fingerprint density at radius 2 is 2.06 bits per heavy atom. The zero-order valence-electron chi connectivity index (χ0n) is 10.5. The van der Waals surface area contributed by atoms with E-state index in [4.69, 9.17) is 15.7 Å².